The van der Waals surface area contributed by atoms with E-state index in [1.807, 2.05) is 12.4 Å². The summed E-state index contributed by atoms with van der Waals surface area (Å²) >= 11 is 0. The molecule has 0 unspecified atom stereocenters. The van der Waals surface area contributed by atoms with Crippen LogP contribution in [0.5, 0.6) is 0 Å². The van der Waals surface area contributed by atoms with E-state index >= 15 is 0 Å². The first-order valence-electron chi connectivity index (χ1n) is 11.4. The van der Waals surface area contributed by atoms with Crippen LogP contribution in [0, 0.1) is 13.8 Å². The van der Waals surface area contributed by atoms with Crippen LogP contribution in [-0.4, -0.2) is 14.5 Å². The van der Waals surface area contributed by atoms with E-state index in [-0.39, 0.29) is 5.41 Å². The lowest BCUT2D eigenvalue weighted by Crippen LogP contribution is -2.30. The molecule has 0 bridgehead atoms. The van der Waals surface area contributed by atoms with Crippen molar-refractivity contribution in [2.75, 3.05) is 4.90 Å². The highest BCUT2D eigenvalue weighted by Gasteiger charge is 2.36. The standard InChI is InChI=1S/C29H26N4/c1-19-16-21(17-20(2)27(19)32-18-31-28-26(32)14-9-15-30-28)33-24-12-7-5-10-22(24)29(3,4)23-11-6-8-13-25(23)33/h5-18H,1-4H3. The number of nitrogens with zero attached hydrogens (tertiary/aromatic N) is 4. The normalized spacial score (nSPS) is 14.2. The number of hydrogen-bond acceptors (Lipinski definition) is 3. The van der Waals surface area contributed by atoms with E-state index in [1.165, 1.54) is 39.3 Å². The summed E-state index contributed by atoms with van der Waals surface area (Å²) in [6, 6.07) is 26.2. The molecule has 0 aliphatic carbocycles. The Morgan fingerprint density at radius 3 is 1.97 bits per heavy atom. The Hall–Kier alpha value is -3.92. The maximum absolute atomic E-state index is 4.51. The zero-order chi connectivity index (χ0) is 22.7. The molecule has 0 N–H and O–H groups in total. The van der Waals surface area contributed by atoms with Crippen molar-refractivity contribution >= 4 is 28.2 Å². The summed E-state index contributed by atoms with van der Waals surface area (Å²) in [4.78, 5) is 11.3. The molecular weight excluding hydrogens is 404 g/mol. The Morgan fingerprint density at radius 1 is 0.727 bits per heavy atom. The zero-order valence-corrected chi connectivity index (χ0v) is 19.4. The van der Waals surface area contributed by atoms with Gasteiger partial charge in [-0.1, -0.05) is 50.2 Å². The molecule has 0 saturated heterocycles. The van der Waals surface area contributed by atoms with Crippen LogP contribution in [0.1, 0.15) is 36.1 Å². The van der Waals surface area contributed by atoms with E-state index in [9.17, 15) is 0 Å². The number of rotatable bonds is 2. The van der Waals surface area contributed by atoms with E-state index in [2.05, 4.69) is 114 Å². The van der Waals surface area contributed by atoms with Crippen LogP contribution in [-0.2, 0) is 5.41 Å². The molecule has 4 nitrogen and oxygen atoms in total. The maximum Gasteiger partial charge on any atom is 0.177 e. The summed E-state index contributed by atoms with van der Waals surface area (Å²) < 4.78 is 2.15. The third-order valence-corrected chi connectivity index (χ3v) is 6.93. The van der Waals surface area contributed by atoms with Crippen molar-refractivity contribution in [2.45, 2.75) is 33.1 Å². The first-order valence-corrected chi connectivity index (χ1v) is 11.4. The van der Waals surface area contributed by atoms with Crippen molar-refractivity contribution in [3.8, 4) is 5.69 Å². The number of para-hydroxylation sites is 2. The van der Waals surface area contributed by atoms with Crippen molar-refractivity contribution in [2.24, 2.45) is 0 Å². The topological polar surface area (TPSA) is 34.0 Å². The first-order chi connectivity index (χ1) is 16.0. The molecule has 0 radical (unpaired) electrons. The van der Waals surface area contributed by atoms with Crippen molar-refractivity contribution in [1.82, 2.24) is 14.5 Å². The average Bonchev–Trinajstić information content (AvgIpc) is 3.23. The summed E-state index contributed by atoms with van der Waals surface area (Å²) in [6.07, 6.45) is 3.66. The Morgan fingerprint density at radius 2 is 1.33 bits per heavy atom. The lowest BCUT2D eigenvalue weighted by molar-refractivity contribution is 0.632. The monoisotopic (exact) mass is 430 g/mol. The smallest absolute Gasteiger partial charge is 0.177 e. The highest BCUT2D eigenvalue weighted by Crippen LogP contribution is 2.51. The van der Waals surface area contributed by atoms with Crippen LogP contribution in [0.2, 0.25) is 0 Å². The van der Waals surface area contributed by atoms with E-state index in [0.29, 0.717) is 0 Å². The molecule has 2 aromatic heterocycles. The number of aryl methyl sites for hydroxylation is 2. The largest absolute Gasteiger partial charge is 0.310 e. The SMILES string of the molecule is Cc1cc(N2c3ccccc3C(C)(C)c3ccccc32)cc(C)c1-n1cnc2ncccc21. The summed E-state index contributed by atoms with van der Waals surface area (Å²) in [5, 5.41) is 0. The summed E-state index contributed by atoms with van der Waals surface area (Å²) in [5.41, 5.74) is 11.6. The minimum atomic E-state index is -0.0591. The number of pyridine rings is 1. The maximum atomic E-state index is 4.51. The van der Waals surface area contributed by atoms with Gasteiger partial charge < -0.3 is 4.90 Å². The second kappa shape index (κ2) is 7.04. The molecule has 1 aliphatic rings. The minimum absolute atomic E-state index is 0.0591. The predicted molar refractivity (Wildman–Crippen MR) is 135 cm³/mol. The lowest BCUT2D eigenvalue weighted by atomic mass is 9.73. The minimum Gasteiger partial charge on any atom is -0.310 e. The fourth-order valence-electron chi connectivity index (χ4n) is 5.42. The molecule has 1 aliphatic heterocycles. The molecule has 33 heavy (non-hydrogen) atoms. The van der Waals surface area contributed by atoms with Crippen LogP contribution >= 0.6 is 0 Å². The van der Waals surface area contributed by atoms with Crippen molar-refractivity contribution in [3.05, 3.63) is 108 Å². The van der Waals surface area contributed by atoms with E-state index in [4.69, 9.17) is 0 Å². The number of benzene rings is 3. The molecule has 0 fully saturated rings. The molecule has 5 aromatic rings. The molecule has 0 amide bonds. The third-order valence-electron chi connectivity index (χ3n) is 6.93. The molecule has 0 spiro atoms. The second-order valence-corrected chi connectivity index (χ2v) is 9.38. The fourth-order valence-corrected chi connectivity index (χ4v) is 5.42. The fraction of sp³-hybridized carbons (Fsp3) is 0.172. The van der Waals surface area contributed by atoms with Crippen LogP contribution in [0.3, 0.4) is 0 Å². The van der Waals surface area contributed by atoms with E-state index in [0.717, 1.165) is 16.9 Å². The predicted octanol–water partition coefficient (Wildman–Crippen LogP) is 7.15. The molecular formula is C29H26N4. The van der Waals surface area contributed by atoms with Gasteiger partial charge in [-0.25, -0.2) is 9.97 Å². The summed E-state index contributed by atoms with van der Waals surface area (Å²) in [7, 11) is 0. The first kappa shape index (κ1) is 19.7. The van der Waals surface area contributed by atoms with Gasteiger partial charge in [-0.15, -0.1) is 0 Å². The molecule has 4 heteroatoms. The van der Waals surface area contributed by atoms with Crippen molar-refractivity contribution in [1.29, 1.82) is 0 Å². The number of aromatic nitrogens is 3. The van der Waals surface area contributed by atoms with Gasteiger partial charge in [0, 0.05) is 17.3 Å². The van der Waals surface area contributed by atoms with Gasteiger partial charge in [0.25, 0.3) is 0 Å². The van der Waals surface area contributed by atoms with Gasteiger partial charge in [-0.3, -0.25) is 4.57 Å². The van der Waals surface area contributed by atoms with E-state index < -0.39 is 0 Å². The van der Waals surface area contributed by atoms with Gasteiger partial charge in [0.15, 0.2) is 5.65 Å². The van der Waals surface area contributed by atoms with Crippen LogP contribution in [0.25, 0.3) is 16.9 Å². The van der Waals surface area contributed by atoms with Crippen LogP contribution in [0.15, 0.2) is 85.3 Å². The molecule has 0 atom stereocenters. The molecule has 3 heterocycles. The van der Waals surface area contributed by atoms with Crippen LogP contribution < -0.4 is 4.90 Å². The van der Waals surface area contributed by atoms with E-state index in [1.54, 1.807) is 6.20 Å². The average molecular weight is 431 g/mol. The third kappa shape index (κ3) is 2.83. The van der Waals surface area contributed by atoms with Gasteiger partial charge in [-0.2, -0.15) is 0 Å². The van der Waals surface area contributed by atoms with Crippen LogP contribution in [0.4, 0.5) is 17.1 Å². The molecule has 0 saturated carbocycles. The molecule has 3 aromatic carbocycles. The van der Waals surface area contributed by atoms with Gasteiger partial charge in [0.2, 0.25) is 0 Å². The van der Waals surface area contributed by atoms with Crippen molar-refractivity contribution < 1.29 is 0 Å². The Labute approximate surface area is 194 Å². The lowest BCUT2D eigenvalue weighted by Gasteiger charge is -2.42. The zero-order valence-electron chi connectivity index (χ0n) is 19.4. The highest BCUT2D eigenvalue weighted by molar-refractivity contribution is 5.87. The molecule has 162 valence electrons. The summed E-state index contributed by atoms with van der Waals surface area (Å²) in [5.74, 6) is 0. The Kier molecular flexibility index (Phi) is 4.21. The second-order valence-electron chi connectivity index (χ2n) is 9.38. The number of imidazole rings is 1. The van der Waals surface area contributed by atoms with Gasteiger partial charge in [-0.05, 0) is 72.5 Å². The summed E-state index contributed by atoms with van der Waals surface area (Å²) in [6.45, 7) is 9.00. The molecule has 6 rings (SSSR count). The number of anilines is 3. The van der Waals surface area contributed by atoms with Gasteiger partial charge >= 0.3 is 0 Å². The Balaban J connectivity index is 1.57. The Bertz CT molecular complexity index is 1450. The number of fused-ring (bicyclic) bond motifs is 3. The quantitative estimate of drug-likeness (QED) is 0.298. The van der Waals surface area contributed by atoms with Crippen molar-refractivity contribution in [3.63, 3.8) is 0 Å². The number of hydrogen-bond donors (Lipinski definition) is 0. The van der Waals surface area contributed by atoms with Gasteiger partial charge in [0.05, 0.1) is 22.6 Å². The van der Waals surface area contributed by atoms with Gasteiger partial charge in [0.1, 0.15) is 6.33 Å². The highest BCUT2D eigenvalue weighted by atomic mass is 15.2.